The van der Waals surface area contributed by atoms with Crippen LogP contribution >= 0.6 is 0 Å². The summed E-state index contributed by atoms with van der Waals surface area (Å²) in [5.41, 5.74) is 1.74. The Balaban J connectivity index is 0.000000187. The lowest BCUT2D eigenvalue weighted by Gasteiger charge is -2.08. The average Bonchev–Trinajstić information content (AvgIpc) is 2.79. The lowest BCUT2D eigenvalue weighted by molar-refractivity contribution is -0.0857. The van der Waals surface area contributed by atoms with Gasteiger partial charge in [-0.25, -0.2) is 19.4 Å². The Labute approximate surface area is 145 Å². The van der Waals surface area contributed by atoms with Crippen molar-refractivity contribution in [2.75, 3.05) is 5.32 Å². The van der Waals surface area contributed by atoms with Gasteiger partial charge in [-0.05, 0) is 12.1 Å². The number of nitrogens with two attached hydrogens (primary N) is 1. The number of ketones is 2. The van der Waals surface area contributed by atoms with E-state index in [-0.39, 0.29) is 16.8 Å². The van der Waals surface area contributed by atoms with E-state index in [1.165, 1.54) is 12.1 Å². The molecule has 0 saturated carbocycles. The van der Waals surface area contributed by atoms with Gasteiger partial charge < -0.3 is 15.5 Å². The second-order valence-electron chi connectivity index (χ2n) is 5.10. The fourth-order valence-corrected chi connectivity index (χ4v) is 2.11. The second-order valence-corrected chi connectivity index (χ2v) is 5.10. The van der Waals surface area contributed by atoms with E-state index in [0.717, 1.165) is 12.1 Å². The van der Waals surface area contributed by atoms with Crippen molar-refractivity contribution in [2.45, 2.75) is 5.79 Å². The topological polar surface area (TPSA) is 142 Å². The number of fused-ring (bicyclic) bond motifs is 1. The molecule has 3 rings (SSSR count). The third-order valence-electron chi connectivity index (χ3n) is 3.36. The number of benzene rings is 2. The quantitative estimate of drug-likeness (QED) is 0.166. The Kier molecular flexibility index (Phi) is 5.41. The molecule has 10 heteroatoms. The summed E-state index contributed by atoms with van der Waals surface area (Å²) in [5.74, 6) is -1.59. The fourth-order valence-electron chi connectivity index (χ4n) is 2.11. The van der Waals surface area contributed by atoms with Gasteiger partial charge in [0.15, 0.2) is 0 Å². The van der Waals surface area contributed by atoms with Crippen LogP contribution in [0.3, 0.4) is 0 Å². The van der Waals surface area contributed by atoms with Gasteiger partial charge in [0.1, 0.15) is 11.6 Å². The van der Waals surface area contributed by atoms with Crippen LogP contribution in [0.25, 0.3) is 0 Å². The number of halogens is 2. The van der Waals surface area contributed by atoms with E-state index in [1.54, 1.807) is 17.6 Å². The number of aliphatic hydroxyl groups is 2. The summed E-state index contributed by atoms with van der Waals surface area (Å²) in [5, 5.41) is 20.3. The standard InChI is InChI=1S/C9H6O4.C7H7F2N3O/c10-7-5-3-1-2-4-6(5)8(11)9(7,12)13;8-4-1-2-6(5(9)3-4)11-7(13)12-10/h1-4,12-13H;1-3H,10H2,(H2,11,12,13). The predicted molar refractivity (Wildman–Crippen MR) is 85.0 cm³/mol. The van der Waals surface area contributed by atoms with Crippen molar-refractivity contribution in [3.05, 3.63) is 65.2 Å². The molecule has 0 fully saturated rings. The summed E-state index contributed by atoms with van der Waals surface area (Å²) in [7, 11) is 0. The minimum Gasteiger partial charge on any atom is -0.353 e. The number of Topliss-reactive ketones (excluding diaryl/α,β-unsaturated/α-hetero) is 2. The second kappa shape index (κ2) is 7.35. The van der Waals surface area contributed by atoms with Crippen LogP contribution in [0.15, 0.2) is 42.5 Å². The predicted octanol–water partition coefficient (Wildman–Crippen LogP) is 0.706. The van der Waals surface area contributed by atoms with Gasteiger partial charge >= 0.3 is 6.03 Å². The molecule has 0 radical (unpaired) electrons. The Bertz CT molecular complexity index is 849. The zero-order chi connectivity index (χ0) is 19.5. The number of anilines is 1. The van der Waals surface area contributed by atoms with E-state index in [9.17, 15) is 23.2 Å². The number of hydrogen-bond donors (Lipinski definition) is 5. The van der Waals surface area contributed by atoms with E-state index in [1.807, 2.05) is 0 Å². The molecule has 0 unspecified atom stereocenters. The number of hydrogen-bond acceptors (Lipinski definition) is 6. The molecule has 0 aromatic heterocycles. The van der Waals surface area contributed by atoms with Crippen LogP contribution in [-0.2, 0) is 0 Å². The highest BCUT2D eigenvalue weighted by Crippen LogP contribution is 2.27. The first-order valence-electron chi connectivity index (χ1n) is 7.04. The number of urea groups is 1. The molecule has 0 bridgehead atoms. The first kappa shape index (κ1) is 19.1. The first-order valence-corrected chi connectivity index (χ1v) is 7.04. The summed E-state index contributed by atoms with van der Waals surface area (Å²) in [6.45, 7) is 0. The maximum atomic E-state index is 12.8. The molecule has 0 spiro atoms. The highest BCUT2D eigenvalue weighted by molar-refractivity contribution is 6.30. The van der Waals surface area contributed by atoms with E-state index < -0.39 is 35.0 Å². The molecule has 2 aromatic carbocycles. The smallest absolute Gasteiger partial charge is 0.333 e. The van der Waals surface area contributed by atoms with Gasteiger partial charge in [0, 0.05) is 17.2 Å². The van der Waals surface area contributed by atoms with E-state index in [4.69, 9.17) is 16.1 Å². The molecule has 2 aromatic rings. The van der Waals surface area contributed by atoms with Gasteiger partial charge in [-0.3, -0.25) is 15.0 Å². The molecule has 0 saturated heterocycles. The van der Waals surface area contributed by atoms with Crippen molar-refractivity contribution in [2.24, 2.45) is 5.84 Å². The summed E-state index contributed by atoms with van der Waals surface area (Å²) >= 11 is 0. The molecule has 1 aliphatic carbocycles. The number of hydrazine groups is 1. The summed E-state index contributed by atoms with van der Waals surface area (Å²) < 4.78 is 25.2. The van der Waals surface area contributed by atoms with E-state index >= 15 is 0 Å². The molecule has 0 heterocycles. The number of carbonyl (C=O) groups is 3. The highest BCUT2D eigenvalue weighted by atomic mass is 19.1. The SMILES string of the molecule is NNC(=O)Nc1ccc(F)cc1F.O=C1c2ccccc2C(=O)C1(O)O. The van der Waals surface area contributed by atoms with Gasteiger partial charge in [-0.15, -0.1) is 0 Å². The number of carbonyl (C=O) groups excluding carboxylic acids is 3. The van der Waals surface area contributed by atoms with E-state index in [0.29, 0.717) is 6.07 Å². The van der Waals surface area contributed by atoms with Crippen LogP contribution in [0.2, 0.25) is 0 Å². The Hall–Kier alpha value is -3.21. The molecule has 6 N–H and O–H groups in total. The zero-order valence-electron chi connectivity index (χ0n) is 13.0. The van der Waals surface area contributed by atoms with Crippen LogP contribution in [0.5, 0.6) is 0 Å². The van der Waals surface area contributed by atoms with Gasteiger partial charge in [0.25, 0.3) is 5.79 Å². The maximum absolute atomic E-state index is 12.8. The first-order chi connectivity index (χ1) is 12.2. The minimum atomic E-state index is -2.86. The van der Waals surface area contributed by atoms with Crippen LogP contribution in [-0.4, -0.2) is 33.6 Å². The van der Waals surface area contributed by atoms with Crippen molar-refractivity contribution >= 4 is 23.3 Å². The zero-order valence-corrected chi connectivity index (χ0v) is 13.0. The van der Waals surface area contributed by atoms with Crippen molar-refractivity contribution in [3.63, 3.8) is 0 Å². The van der Waals surface area contributed by atoms with Crippen molar-refractivity contribution in [1.29, 1.82) is 0 Å². The Morgan fingerprint density at radius 2 is 1.54 bits per heavy atom. The molecule has 0 atom stereocenters. The van der Waals surface area contributed by atoms with E-state index in [2.05, 4.69) is 5.32 Å². The molecule has 2 amide bonds. The van der Waals surface area contributed by atoms with Crippen LogP contribution in [0.1, 0.15) is 20.7 Å². The average molecular weight is 365 g/mol. The van der Waals surface area contributed by atoms with Crippen LogP contribution in [0.4, 0.5) is 19.3 Å². The molecular formula is C16H13F2N3O5. The third kappa shape index (κ3) is 3.72. The Morgan fingerprint density at radius 3 is 2.00 bits per heavy atom. The third-order valence-corrected chi connectivity index (χ3v) is 3.36. The molecule has 136 valence electrons. The monoisotopic (exact) mass is 365 g/mol. The number of rotatable bonds is 1. The fraction of sp³-hybridized carbons (Fsp3) is 0.0625. The normalized spacial score (nSPS) is 14.2. The van der Waals surface area contributed by atoms with Gasteiger partial charge in [0.05, 0.1) is 5.69 Å². The summed E-state index contributed by atoms with van der Waals surface area (Å²) in [4.78, 5) is 33.0. The molecule has 1 aliphatic rings. The van der Waals surface area contributed by atoms with Crippen molar-refractivity contribution < 1.29 is 33.4 Å². The van der Waals surface area contributed by atoms with Gasteiger partial charge in [0.2, 0.25) is 11.6 Å². The number of amides is 2. The number of nitrogens with one attached hydrogen (secondary N) is 2. The van der Waals surface area contributed by atoms with Crippen LogP contribution in [0, 0.1) is 11.6 Å². The summed E-state index contributed by atoms with van der Waals surface area (Å²) in [6.07, 6.45) is 0. The van der Waals surface area contributed by atoms with Crippen LogP contribution < -0.4 is 16.6 Å². The van der Waals surface area contributed by atoms with Crippen molar-refractivity contribution in [1.82, 2.24) is 5.43 Å². The molecule has 26 heavy (non-hydrogen) atoms. The summed E-state index contributed by atoms with van der Waals surface area (Å²) in [6, 6.07) is 7.91. The van der Waals surface area contributed by atoms with Gasteiger partial charge in [-0.2, -0.15) is 0 Å². The largest absolute Gasteiger partial charge is 0.353 e. The molecular weight excluding hydrogens is 352 g/mol. The van der Waals surface area contributed by atoms with Crippen molar-refractivity contribution in [3.8, 4) is 0 Å². The maximum Gasteiger partial charge on any atom is 0.333 e. The Morgan fingerprint density at radius 1 is 1.00 bits per heavy atom. The lowest BCUT2D eigenvalue weighted by atomic mass is 10.1. The molecule has 8 nitrogen and oxygen atoms in total. The minimum absolute atomic E-state index is 0.0671. The lowest BCUT2D eigenvalue weighted by Crippen LogP contribution is -2.40. The van der Waals surface area contributed by atoms with Gasteiger partial charge in [-0.1, -0.05) is 24.3 Å². The highest BCUT2D eigenvalue weighted by Gasteiger charge is 2.50. The molecule has 0 aliphatic heterocycles.